The lowest BCUT2D eigenvalue weighted by molar-refractivity contribution is -0.870. The average Bonchev–Trinajstić information content (AvgIpc) is 1.97. The molecule has 0 bridgehead atoms. The molecule has 3 heteroatoms. The van der Waals surface area contributed by atoms with Crippen molar-refractivity contribution in [3.63, 3.8) is 0 Å². The van der Waals surface area contributed by atoms with Crippen molar-refractivity contribution in [3.8, 4) is 0 Å². The van der Waals surface area contributed by atoms with Gasteiger partial charge in [0.05, 0.1) is 40.7 Å². The second-order valence-electron chi connectivity index (χ2n) is 4.08. The zero-order valence-electron chi connectivity index (χ0n) is 8.88. The molecule has 0 amide bonds. The van der Waals surface area contributed by atoms with Gasteiger partial charge >= 0.3 is 5.97 Å². The Labute approximate surface area is 80.6 Å². The first kappa shape index (κ1) is 12.2. The van der Waals surface area contributed by atoms with Crippen LogP contribution in [0.2, 0.25) is 0 Å². The standard InChI is InChI=1S/C10H20NO2/c1-5-7-10(12)13-9-6-8-11(2,3)4/h5H,1,6-9H2,2-4H3/q+1. The minimum atomic E-state index is -0.184. The van der Waals surface area contributed by atoms with Crippen LogP contribution in [0.3, 0.4) is 0 Å². The Morgan fingerprint density at radius 1 is 1.46 bits per heavy atom. The molecule has 0 aliphatic heterocycles. The molecule has 76 valence electrons. The number of quaternary nitrogens is 1. The van der Waals surface area contributed by atoms with E-state index >= 15 is 0 Å². The van der Waals surface area contributed by atoms with Crippen LogP contribution in [0.25, 0.3) is 0 Å². The summed E-state index contributed by atoms with van der Waals surface area (Å²) in [6.07, 6.45) is 2.78. The molecule has 0 atom stereocenters. The first-order chi connectivity index (χ1) is 5.95. The van der Waals surface area contributed by atoms with Gasteiger partial charge in [0.1, 0.15) is 0 Å². The molecule has 3 nitrogen and oxygen atoms in total. The summed E-state index contributed by atoms with van der Waals surface area (Å²) >= 11 is 0. The Morgan fingerprint density at radius 3 is 2.54 bits per heavy atom. The summed E-state index contributed by atoms with van der Waals surface area (Å²) in [6, 6.07) is 0. The highest BCUT2D eigenvalue weighted by Gasteiger charge is 2.06. The number of carbonyl (C=O) groups is 1. The monoisotopic (exact) mass is 186 g/mol. The summed E-state index contributed by atoms with van der Waals surface area (Å²) in [4.78, 5) is 10.9. The maximum Gasteiger partial charge on any atom is 0.309 e. The SMILES string of the molecule is C=CCC(=O)OCCC[N+](C)(C)C. The van der Waals surface area contributed by atoms with E-state index in [-0.39, 0.29) is 5.97 Å². The highest BCUT2D eigenvalue weighted by Crippen LogP contribution is 1.95. The summed E-state index contributed by atoms with van der Waals surface area (Å²) in [5, 5.41) is 0. The Morgan fingerprint density at radius 2 is 2.08 bits per heavy atom. The number of rotatable bonds is 6. The maximum atomic E-state index is 10.9. The van der Waals surface area contributed by atoms with Crippen LogP contribution in [0.5, 0.6) is 0 Å². The fourth-order valence-electron chi connectivity index (χ4n) is 0.902. The maximum absolute atomic E-state index is 10.9. The third-order valence-electron chi connectivity index (χ3n) is 1.55. The van der Waals surface area contributed by atoms with Gasteiger partial charge in [0.25, 0.3) is 0 Å². The van der Waals surface area contributed by atoms with Crippen LogP contribution >= 0.6 is 0 Å². The number of nitrogens with zero attached hydrogens (tertiary/aromatic N) is 1. The summed E-state index contributed by atoms with van der Waals surface area (Å²) in [7, 11) is 6.35. The molecule has 0 aliphatic rings. The molecule has 0 saturated carbocycles. The van der Waals surface area contributed by atoms with E-state index in [0.717, 1.165) is 17.4 Å². The van der Waals surface area contributed by atoms with Crippen molar-refractivity contribution in [3.05, 3.63) is 12.7 Å². The van der Waals surface area contributed by atoms with Crippen molar-refractivity contribution in [2.75, 3.05) is 34.3 Å². The molecule has 13 heavy (non-hydrogen) atoms. The van der Waals surface area contributed by atoms with Gasteiger partial charge in [0.15, 0.2) is 0 Å². The molecule has 0 N–H and O–H groups in total. The van der Waals surface area contributed by atoms with Crippen LogP contribution in [-0.4, -0.2) is 44.7 Å². The molecule has 0 aromatic heterocycles. The molecular weight excluding hydrogens is 166 g/mol. The second-order valence-corrected chi connectivity index (χ2v) is 4.08. The van der Waals surface area contributed by atoms with E-state index in [9.17, 15) is 4.79 Å². The zero-order chi connectivity index (χ0) is 10.3. The minimum absolute atomic E-state index is 0.184. The predicted octanol–water partition coefficient (Wildman–Crippen LogP) is 1.20. The van der Waals surface area contributed by atoms with E-state index < -0.39 is 0 Å². The largest absolute Gasteiger partial charge is 0.465 e. The van der Waals surface area contributed by atoms with Crippen molar-refractivity contribution >= 4 is 5.97 Å². The summed E-state index contributed by atoms with van der Waals surface area (Å²) < 4.78 is 5.86. The van der Waals surface area contributed by atoms with Crippen LogP contribution in [0, 0.1) is 0 Å². The van der Waals surface area contributed by atoms with Crippen LogP contribution in [-0.2, 0) is 9.53 Å². The lowest BCUT2D eigenvalue weighted by atomic mass is 10.4. The molecule has 0 aromatic rings. The Kier molecular flexibility index (Phi) is 5.39. The van der Waals surface area contributed by atoms with Crippen molar-refractivity contribution in [2.24, 2.45) is 0 Å². The molecule has 0 aliphatic carbocycles. The van der Waals surface area contributed by atoms with E-state index in [2.05, 4.69) is 27.7 Å². The van der Waals surface area contributed by atoms with Gasteiger partial charge in [-0.1, -0.05) is 6.08 Å². The van der Waals surface area contributed by atoms with E-state index in [1.807, 2.05) is 0 Å². The van der Waals surface area contributed by atoms with Crippen LogP contribution < -0.4 is 0 Å². The highest BCUT2D eigenvalue weighted by atomic mass is 16.5. The predicted molar refractivity (Wildman–Crippen MR) is 53.3 cm³/mol. The van der Waals surface area contributed by atoms with Crippen molar-refractivity contribution in [1.82, 2.24) is 0 Å². The van der Waals surface area contributed by atoms with Gasteiger partial charge in [0.2, 0.25) is 0 Å². The number of hydrogen-bond acceptors (Lipinski definition) is 2. The van der Waals surface area contributed by atoms with Gasteiger partial charge < -0.3 is 9.22 Å². The van der Waals surface area contributed by atoms with E-state index in [1.165, 1.54) is 0 Å². The van der Waals surface area contributed by atoms with Gasteiger partial charge in [0, 0.05) is 6.42 Å². The second kappa shape index (κ2) is 5.75. The lowest BCUT2D eigenvalue weighted by Gasteiger charge is -2.23. The summed E-state index contributed by atoms with van der Waals surface area (Å²) in [5.41, 5.74) is 0. The van der Waals surface area contributed by atoms with Crippen LogP contribution in [0.15, 0.2) is 12.7 Å². The number of carbonyl (C=O) groups excluding carboxylic acids is 1. The van der Waals surface area contributed by atoms with Crippen molar-refractivity contribution < 1.29 is 14.0 Å². The molecule has 0 spiro atoms. The van der Waals surface area contributed by atoms with Crippen LogP contribution in [0.1, 0.15) is 12.8 Å². The van der Waals surface area contributed by atoms with Crippen molar-refractivity contribution in [1.29, 1.82) is 0 Å². The number of ether oxygens (including phenoxy) is 1. The summed E-state index contributed by atoms with van der Waals surface area (Å²) in [5.74, 6) is -0.184. The minimum Gasteiger partial charge on any atom is -0.465 e. The first-order valence-electron chi connectivity index (χ1n) is 4.52. The van der Waals surface area contributed by atoms with Gasteiger partial charge in [-0.15, -0.1) is 6.58 Å². The van der Waals surface area contributed by atoms with Crippen molar-refractivity contribution in [2.45, 2.75) is 12.8 Å². The zero-order valence-corrected chi connectivity index (χ0v) is 8.88. The Hall–Kier alpha value is -0.830. The molecule has 0 heterocycles. The van der Waals surface area contributed by atoms with E-state index in [1.54, 1.807) is 6.08 Å². The topological polar surface area (TPSA) is 26.3 Å². The molecule has 0 saturated heterocycles. The van der Waals surface area contributed by atoms with Gasteiger partial charge in [-0.25, -0.2) is 0 Å². The molecule has 0 rings (SSSR count). The summed E-state index contributed by atoms with van der Waals surface area (Å²) in [6.45, 7) is 5.00. The third-order valence-corrected chi connectivity index (χ3v) is 1.55. The van der Waals surface area contributed by atoms with Crippen LogP contribution in [0.4, 0.5) is 0 Å². The molecular formula is C10H20NO2+. The van der Waals surface area contributed by atoms with E-state index in [4.69, 9.17) is 4.74 Å². The number of hydrogen-bond donors (Lipinski definition) is 0. The fourth-order valence-corrected chi connectivity index (χ4v) is 0.902. The average molecular weight is 186 g/mol. The Balaban J connectivity index is 3.36. The fraction of sp³-hybridized carbons (Fsp3) is 0.700. The van der Waals surface area contributed by atoms with Gasteiger partial charge in [-0.2, -0.15) is 0 Å². The smallest absolute Gasteiger partial charge is 0.309 e. The first-order valence-corrected chi connectivity index (χ1v) is 4.52. The van der Waals surface area contributed by atoms with E-state index in [0.29, 0.717) is 13.0 Å². The third kappa shape index (κ3) is 9.08. The molecule has 0 fully saturated rings. The molecule has 0 radical (unpaired) electrons. The highest BCUT2D eigenvalue weighted by molar-refractivity contribution is 5.70. The Bertz CT molecular complexity index is 170. The lowest BCUT2D eigenvalue weighted by Crippen LogP contribution is -2.35. The van der Waals surface area contributed by atoms with Gasteiger partial charge in [-0.3, -0.25) is 4.79 Å². The normalized spacial score (nSPS) is 11.0. The molecule has 0 unspecified atom stereocenters. The van der Waals surface area contributed by atoms with Gasteiger partial charge in [-0.05, 0) is 0 Å². The number of esters is 1. The molecule has 0 aromatic carbocycles. The quantitative estimate of drug-likeness (QED) is 0.270.